The van der Waals surface area contributed by atoms with Crippen LogP contribution in [0, 0.1) is 12.7 Å². The predicted octanol–water partition coefficient (Wildman–Crippen LogP) is 3.40. The number of rotatable bonds is 0. The summed E-state index contributed by atoms with van der Waals surface area (Å²) in [5, 5.41) is 0.117. The van der Waals surface area contributed by atoms with E-state index in [1.807, 2.05) is 13.8 Å². The summed E-state index contributed by atoms with van der Waals surface area (Å²) < 4.78 is 12.5. The molecule has 0 aliphatic heterocycles. The molecule has 0 amide bonds. The molecule has 0 fully saturated rings. The Morgan fingerprint density at radius 2 is 1.83 bits per heavy atom. The fraction of sp³-hybridized carbons (Fsp3) is 0.333. The lowest BCUT2D eigenvalue weighted by Gasteiger charge is -1.99. The summed E-state index contributed by atoms with van der Waals surface area (Å²) in [6, 6.07) is 2.73. The minimum atomic E-state index is -0.468. The number of halogens is 2. The first-order valence-electron chi connectivity index (χ1n) is 3.82. The highest BCUT2D eigenvalue weighted by atomic mass is 35.5. The molecule has 0 radical (unpaired) electrons. The number of aryl methyl sites for hydroxylation is 1. The molecule has 0 aromatic heterocycles. The number of hydrogen-bond donors (Lipinski definition) is 1. The lowest BCUT2D eigenvalue weighted by atomic mass is 10.2. The Hall–Kier alpha value is -0.760. The van der Waals surface area contributed by atoms with Gasteiger partial charge in [0.15, 0.2) is 0 Å². The van der Waals surface area contributed by atoms with E-state index in [1.165, 1.54) is 12.1 Å². The molecular formula is C9H13ClFN. The molecule has 1 rings (SSSR count). The number of nitrogens with two attached hydrogens (primary N) is 1. The molecule has 0 saturated carbocycles. The van der Waals surface area contributed by atoms with E-state index in [-0.39, 0.29) is 5.02 Å². The fourth-order valence-electron chi connectivity index (χ4n) is 0.662. The van der Waals surface area contributed by atoms with Crippen LogP contribution < -0.4 is 5.73 Å². The van der Waals surface area contributed by atoms with Gasteiger partial charge in [0.1, 0.15) is 5.82 Å². The molecule has 0 spiro atoms. The van der Waals surface area contributed by atoms with Crippen LogP contribution in [0.2, 0.25) is 5.02 Å². The van der Waals surface area contributed by atoms with Crippen molar-refractivity contribution < 1.29 is 4.39 Å². The second-order valence-electron chi connectivity index (χ2n) is 2.12. The first kappa shape index (κ1) is 11.2. The molecule has 0 unspecified atom stereocenters. The summed E-state index contributed by atoms with van der Waals surface area (Å²) in [5.41, 5.74) is 6.62. The molecule has 0 bridgehead atoms. The van der Waals surface area contributed by atoms with Crippen LogP contribution in [-0.4, -0.2) is 0 Å². The van der Waals surface area contributed by atoms with E-state index in [1.54, 1.807) is 6.92 Å². The van der Waals surface area contributed by atoms with Crippen molar-refractivity contribution in [3.63, 3.8) is 0 Å². The minimum Gasteiger partial charge on any atom is -0.398 e. The maximum absolute atomic E-state index is 12.5. The van der Waals surface area contributed by atoms with Gasteiger partial charge in [-0.3, -0.25) is 0 Å². The average Bonchev–Trinajstić information content (AvgIpc) is 2.05. The van der Waals surface area contributed by atoms with Crippen LogP contribution >= 0.6 is 11.6 Å². The summed E-state index contributed by atoms with van der Waals surface area (Å²) in [4.78, 5) is 0. The molecule has 1 aromatic rings. The van der Waals surface area contributed by atoms with Crippen molar-refractivity contribution in [3.05, 3.63) is 28.5 Å². The van der Waals surface area contributed by atoms with Crippen LogP contribution in [0.4, 0.5) is 10.1 Å². The molecule has 0 saturated heterocycles. The van der Waals surface area contributed by atoms with Crippen molar-refractivity contribution in [1.29, 1.82) is 0 Å². The van der Waals surface area contributed by atoms with Gasteiger partial charge in [0.2, 0.25) is 0 Å². The SMILES string of the molecule is CC.Cc1cc(Cl)c(F)cc1N. The van der Waals surface area contributed by atoms with Gasteiger partial charge in [0.05, 0.1) is 5.02 Å². The third kappa shape index (κ3) is 2.70. The summed E-state index contributed by atoms with van der Waals surface area (Å²) in [6.45, 7) is 5.78. The van der Waals surface area contributed by atoms with E-state index in [4.69, 9.17) is 17.3 Å². The van der Waals surface area contributed by atoms with Crippen LogP contribution in [0.1, 0.15) is 19.4 Å². The lowest BCUT2D eigenvalue weighted by molar-refractivity contribution is 0.628. The Labute approximate surface area is 77.3 Å². The first-order chi connectivity index (χ1) is 5.61. The summed E-state index contributed by atoms with van der Waals surface area (Å²) in [5.74, 6) is -0.468. The van der Waals surface area contributed by atoms with Gasteiger partial charge in [-0.25, -0.2) is 4.39 Å². The topological polar surface area (TPSA) is 26.0 Å². The summed E-state index contributed by atoms with van der Waals surface area (Å²) in [7, 11) is 0. The zero-order valence-electron chi connectivity index (χ0n) is 7.49. The average molecular weight is 190 g/mol. The third-order valence-electron chi connectivity index (χ3n) is 1.31. The first-order valence-corrected chi connectivity index (χ1v) is 4.20. The second kappa shape index (κ2) is 4.99. The summed E-state index contributed by atoms with van der Waals surface area (Å²) in [6.07, 6.45) is 0. The second-order valence-corrected chi connectivity index (χ2v) is 2.53. The molecule has 2 N–H and O–H groups in total. The quantitative estimate of drug-likeness (QED) is 0.622. The standard InChI is InChI=1S/C7H7ClFN.C2H6/c1-4-2-5(8)6(9)3-7(4)10;1-2/h2-3H,10H2,1H3;1-2H3. The van der Waals surface area contributed by atoms with E-state index in [0.717, 1.165) is 5.56 Å². The van der Waals surface area contributed by atoms with E-state index in [0.29, 0.717) is 5.69 Å². The van der Waals surface area contributed by atoms with Crippen molar-refractivity contribution in [3.8, 4) is 0 Å². The molecular weight excluding hydrogens is 177 g/mol. The molecule has 1 aromatic carbocycles. The zero-order chi connectivity index (χ0) is 9.72. The van der Waals surface area contributed by atoms with E-state index in [2.05, 4.69) is 0 Å². The lowest BCUT2D eigenvalue weighted by Crippen LogP contribution is -1.90. The van der Waals surface area contributed by atoms with E-state index < -0.39 is 5.82 Å². The van der Waals surface area contributed by atoms with Crippen molar-refractivity contribution in [2.45, 2.75) is 20.8 Å². The van der Waals surface area contributed by atoms with Gasteiger partial charge >= 0.3 is 0 Å². The Kier molecular flexibility index (Phi) is 4.67. The third-order valence-corrected chi connectivity index (χ3v) is 1.60. The maximum Gasteiger partial charge on any atom is 0.143 e. The number of hydrogen-bond acceptors (Lipinski definition) is 1. The Morgan fingerprint density at radius 3 is 2.25 bits per heavy atom. The molecule has 0 atom stereocenters. The van der Waals surface area contributed by atoms with Crippen LogP contribution in [0.5, 0.6) is 0 Å². The highest BCUT2D eigenvalue weighted by Gasteiger charge is 2.01. The van der Waals surface area contributed by atoms with Crippen molar-refractivity contribution in [2.24, 2.45) is 0 Å². The van der Waals surface area contributed by atoms with Gasteiger partial charge in [0.25, 0.3) is 0 Å². The van der Waals surface area contributed by atoms with Crippen LogP contribution in [0.15, 0.2) is 12.1 Å². The Balaban J connectivity index is 0.000000561. The normalized spacial score (nSPS) is 8.75. The minimum absolute atomic E-state index is 0.117. The molecule has 68 valence electrons. The number of benzene rings is 1. The Morgan fingerprint density at radius 1 is 1.33 bits per heavy atom. The van der Waals surface area contributed by atoms with Crippen molar-refractivity contribution in [2.75, 3.05) is 5.73 Å². The van der Waals surface area contributed by atoms with E-state index >= 15 is 0 Å². The van der Waals surface area contributed by atoms with Gasteiger partial charge in [-0.15, -0.1) is 0 Å². The largest absolute Gasteiger partial charge is 0.398 e. The zero-order valence-corrected chi connectivity index (χ0v) is 8.24. The molecule has 3 heteroatoms. The number of nitrogen functional groups attached to an aromatic ring is 1. The van der Waals surface area contributed by atoms with Gasteiger partial charge in [0, 0.05) is 5.69 Å². The van der Waals surface area contributed by atoms with Crippen molar-refractivity contribution >= 4 is 17.3 Å². The van der Waals surface area contributed by atoms with Gasteiger partial charge in [-0.05, 0) is 24.6 Å². The monoisotopic (exact) mass is 189 g/mol. The Bertz CT molecular complexity index is 211. The molecule has 0 aliphatic rings. The molecule has 1 nitrogen and oxygen atoms in total. The van der Waals surface area contributed by atoms with Gasteiger partial charge in [-0.1, -0.05) is 25.4 Å². The smallest absolute Gasteiger partial charge is 0.143 e. The maximum atomic E-state index is 12.5. The summed E-state index contributed by atoms with van der Waals surface area (Å²) >= 11 is 5.46. The predicted molar refractivity (Wildman–Crippen MR) is 51.9 cm³/mol. The van der Waals surface area contributed by atoms with Crippen LogP contribution in [0.25, 0.3) is 0 Å². The molecule has 12 heavy (non-hydrogen) atoms. The van der Waals surface area contributed by atoms with Gasteiger partial charge in [-0.2, -0.15) is 0 Å². The van der Waals surface area contributed by atoms with E-state index in [9.17, 15) is 4.39 Å². The van der Waals surface area contributed by atoms with Crippen molar-refractivity contribution in [1.82, 2.24) is 0 Å². The van der Waals surface area contributed by atoms with Crippen LogP contribution in [0.3, 0.4) is 0 Å². The fourth-order valence-corrected chi connectivity index (χ4v) is 0.880. The highest BCUT2D eigenvalue weighted by molar-refractivity contribution is 6.30. The number of anilines is 1. The van der Waals surface area contributed by atoms with Gasteiger partial charge < -0.3 is 5.73 Å². The molecule has 0 aliphatic carbocycles. The highest BCUT2D eigenvalue weighted by Crippen LogP contribution is 2.20. The molecule has 0 heterocycles. The van der Waals surface area contributed by atoms with Crippen LogP contribution in [-0.2, 0) is 0 Å².